The quantitative estimate of drug-likeness (QED) is 0.564. The molecule has 0 amide bonds. The molecule has 0 aliphatic heterocycles. The first-order valence-electron chi connectivity index (χ1n) is 3.93. The summed E-state index contributed by atoms with van der Waals surface area (Å²) in [6.45, 7) is 4.37. The van der Waals surface area contributed by atoms with Crippen molar-refractivity contribution < 1.29 is 22.7 Å². The molecule has 0 spiro atoms. The van der Waals surface area contributed by atoms with Crippen molar-refractivity contribution in [2.75, 3.05) is 6.61 Å². The zero-order valence-corrected chi connectivity index (χ0v) is 7.73. The predicted octanol–water partition coefficient (Wildman–Crippen LogP) is 1.39. The van der Waals surface area contributed by atoms with Gasteiger partial charge in [-0.1, -0.05) is 6.08 Å². The van der Waals surface area contributed by atoms with Crippen molar-refractivity contribution in [1.29, 1.82) is 0 Å². The van der Waals surface area contributed by atoms with E-state index in [1.807, 2.05) is 0 Å². The molecule has 0 radical (unpaired) electrons. The van der Waals surface area contributed by atoms with Crippen molar-refractivity contribution >= 4 is 5.97 Å². The van der Waals surface area contributed by atoms with Crippen molar-refractivity contribution in [2.24, 2.45) is 5.73 Å². The molecule has 3 nitrogen and oxygen atoms in total. The number of carbonyl (C=O) groups is 1. The van der Waals surface area contributed by atoms with Crippen LogP contribution in [0.4, 0.5) is 13.2 Å². The molecule has 0 aromatic heterocycles. The Labute approximate surface area is 79.7 Å². The van der Waals surface area contributed by atoms with E-state index in [-0.39, 0.29) is 6.61 Å². The number of hydrogen-bond donors (Lipinski definition) is 1. The minimum atomic E-state index is -4.84. The van der Waals surface area contributed by atoms with Gasteiger partial charge in [0, 0.05) is 6.42 Å². The normalized spacial score (nSPS) is 15.8. The molecular weight excluding hydrogens is 199 g/mol. The molecule has 0 aliphatic rings. The topological polar surface area (TPSA) is 52.3 Å². The van der Waals surface area contributed by atoms with Crippen LogP contribution in [0.25, 0.3) is 0 Å². The number of carbonyl (C=O) groups excluding carboxylic acids is 1. The highest BCUT2D eigenvalue weighted by molar-refractivity contribution is 5.82. The summed E-state index contributed by atoms with van der Waals surface area (Å²) in [5.74, 6) is -1.48. The van der Waals surface area contributed by atoms with Crippen LogP contribution in [0.3, 0.4) is 0 Å². The lowest BCUT2D eigenvalue weighted by atomic mass is 9.96. The van der Waals surface area contributed by atoms with Crippen molar-refractivity contribution in [3.8, 4) is 0 Å². The van der Waals surface area contributed by atoms with Crippen LogP contribution >= 0.6 is 0 Å². The second-order valence-electron chi connectivity index (χ2n) is 2.68. The minimum Gasteiger partial charge on any atom is -0.464 e. The van der Waals surface area contributed by atoms with E-state index in [1.54, 1.807) is 0 Å². The molecule has 6 heteroatoms. The van der Waals surface area contributed by atoms with E-state index in [2.05, 4.69) is 11.3 Å². The van der Waals surface area contributed by atoms with Gasteiger partial charge in [0.25, 0.3) is 0 Å². The first-order valence-corrected chi connectivity index (χ1v) is 3.93. The summed E-state index contributed by atoms with van der Waals surface area (Å²) < 4.78 is 41.4. The van der Waals surface area contributed by atoms with Gasteiger partial charge in [0.15, 0.2) is 0 Å². The molecule has 2 N–H and O–H groups in total. The lowest BCUT2D eigenvalue weighted by Gasteiger charge is -2.27. The van der Waals surface area contributed by atoms with Crippen molar-refractivity contribution in [3.05, 3.63) is 12.7 Å². The minimum absolute atomic E-state index is 0.148. The SMILES string of the molecule is C=CCC(N)(C(=O)OCC)C(F)(F)F. The summed E-state index contributed by atoms with van der Waals surface area (Å²) in [6.07, 6.45) is -4.60. The number of nitrogens with two attached hydrogens (primary N) is 1. The number of hydrogen-bond acceptors (Lipinski definition) is 3. The lowest BCUT2D eigenvalue weighted by Crippen LogP contribution is -2.60. The third-order valence-corrected chi connectivity index (χ3v) is 1.61. The van der Waals surface area contributed by atoms with Gasteiger partial charge in [-0.05, 0) is 6.92 Å². The summed E-state index contributed by atoms with van der Waals surface area (Å²) in [6, 6.07) is 0. The Balaban J connectivity index is 4.89. The molecule has 0 heterocycles. The first-order chi connectivity index (χ1) is 6.29. The summed E-state index contributed by atoms with van der Waals surface area (Å²) in [5, 5.41) is 0. The second kappa shape index (κ2) is 4.45. The van der Waals surface area contributed by atoms with Crippen LogP contribution in [-0.2, 0) is 9.53 Å². The van der Waals surface area contributed by atoms with Crippen LogP contribution in [0.5, 0.6) is 0 Å². The van der Waals surface area contributed by atoms with E-state index in [9.17, 15) is 18.0 Å². The van der Waals surface area contributed by atoms with Gasteiger partial charge < -0.3 is 10.5 Å². The van der Waals surface area contributed by atoms with Crippen molar-refractivity contribution in [3.63, 3.8) is 0 Å². The largest absolute Gasteiger partial charge is 0.464 e. The standard InChI is InChI=1S/C8H12F3NO2/c1-3-5-7(12,8(9,10)11)6(13)14-4-2/h3H,1,4-5,12H2,2H3. The van der Waals surface area contributed by atoms with Gasteiger partial charge >= 0.3 is 12.1 Å². The van der Waals surface area contributed by atoms with E-state index in [1.165, 1.54) is 6.92 Å². The summed E-state index contributed by atoms with van der Waals surface area (Å²) >= 11 is 0. The van der Waals surface area contributed by atoms with Crippen molar-refractivity contribution in [2.45, 2.75) is 25.1 Å². The fourth-order valence-corrected chi connectivity index (χ4v) is 0.802. The molecular formula is C8H12F3NO2. The summed E-state index contributed by atoms with van der Waals surface area (Å²) in [4.78, 5) is 11.0. The van der Waals surface area contributed by atoms with Gasteiger partial charge in [-0.25, -0.2) is 4.79 Å². The maximum Gasteiger partial charge on any atom is 0.417 e. The van der Waals surface area contributed by atoms with Crippen LogP contribution in [0.1, 0.15) is 13.3 Å². The molecule has 0 aromatic rings. The molecule has 82 valence electrons. The fourth-order valence-electron chi connectivity index (χ4n) is 0.802. The zero-order valence-electron chi connectivity index (χ0n) is 7.73. The highest BCUT2D eigenvalue weighted by atomic mass is 19.4. The Morgan fingerprint density at radius 1 is 1.57 bits per heavy atom. The molecule has 0 bridgehead atoms. The van der Waals surface area contributed by atoms with Crippen molar-refractivity contribution in [1.82, 2.24) is 0 Å². The molecule has 0 aromatic carbocycles. The molecule has 14 heavy (non-hydrogen) atoms. The highest BCUT2D eigenvalue weighted by Crippen LogP contribution is 2.32. The molecule has 0 aliphatic carbocycles. The first kappa shape index (κ1) is 13.0. The average Bonchev–Trinajstić information content (AvgIpc) is 2.03. The summed E-state index contributed by atoms with van der Waals surface area (Å²) in [7, 11) is 0. The third kappa shape index (κ3) is 2.47. The van der Waals surface area contributed by atoms with Crippen LogP contribution in [0.15, 0.2) is 12.7 Å². The Kier molecular flexibility index (Phi) is 4.12. The maximum atomic E-state index is 12.4. The Hall–Kier alpha value is -1.04. The second-order valence-corrected chi connectivity index (χ2v) is 2.68. The predicted molar refractivity (Wildman–Crippen MR) is 44.4 cm³/mol. The number of esters is 1. The fraction of sp³-hybridized carbons (Fsp3) is 0.625. The van der Waals surface area contributed by atoms with E-state index in [4.69, 9.17) is 5.73 Å². The highest BCUT2D eigenvalue weighted by Gasteiger charge is 2.58. The molecule has 1 atom stereocenters. The molecule has 0 saturated carbocycles. The van der Waals surface area contributed by atoms with Gasteiger partial charge in [-0.15, -0.1) is 6.58 Å². The van der Waals surface area contributed by atoms with E-state index in [0.717, 1.165) is 6.08 Å². The summed E-state index contributed by atoms with van der Waals surface area (Å²) in [5.41, 5.74) is 1.96. The molecule has 0 rings (SSSR count). The van der Waals surface area contributed by atoms with Gasteiger partial charge in [0.05, 0.1) is 6.61 Å². The third-order valence-electron chi connectivity index (χ3n) is 1.61. The molecule has 1 unspecified atom stereocenters. The van der Waals surface area contributed by atoms with Gasteiger partial charge in [0.1, 0.15) is 0 Å². The van der Waals surface area contributed by atoms with Crippen LogP contribution in [0.2, 0.25) is 0 Å². The maximum absolute atomic E-state index is 12.4. The number of alkyl halides is 3. The average molecular weight is 211 g/mol. The molecule has 0 saturated heterocycles. The van der Waals surface area contributed by atoms with Crippen LogP contribution < -0.4 is 5.73 Å². The van der Waals surface area contributed by atoms with Crippen LogP contribution in [0, 0.1) is 0 Å². The smallest absolute Gasteiger partial charge is 0.417 e. The lowest BCUT2D eigenvalue weighted by molar-refractivity contribution is -0.204. The molecule has 0 fully saturated rings. The van der Waals surface area contributed by atoms with Gasteiger partial charge in [-0.3, -0.25) is 0 Å². The zero-order chi connectivity index (χ0) is 11.4. The van der Waals surface area contributed by atoms with Gasteiger partial charge in [-0.2, -0.15) is 13.2 Å². The van der Waals surface area contributed by atoms with Gasteiger partial charge in [0.2, 0.25) is 5.54 Å². The number of halogens is 3. The Morgan fingerprint density at radius 3 is 2.36 bits per heavy atom. The number of ether oxygens (including phenoxy) is 1. The van der Waals surface area contributed by atoms with E-state index >= 15 is 0 Å². The Bertz CT molecular complexity index is 227. The number of rotatable bonds is 4. The Morgan fingerprint density at radius 2 is 2.07 bits per heavy atom. The van der Waals surface area contributed by atoms with E-state index < -0.39 is 24.1 Å². The van der Waals surface area contributed by atoms with Crippen LogP contribution in [-0.4, -0.2) is 24.3 Å². The van der Waals surface area contributed by atoms with E-state index in [0.29, 0.717) is 0 Å². The monoisotopic (exact) mass is 211 g/mol.